The standard InChI is InChI=1S/C13H9N3O3S/c17-11(18)10-15-7-4-13(5-8(7)20-10)6-2-1-3-14-9(6)16-12(13)19/h1-3H,4-5H2,(H,17,18)(H,14,16,19). The first-order valence-electron chi connectivity index (χ1n) is 6.09. The minimum absolute atomic E-state index is 0.0757. The van der Waals surface area contributed by atoms with E-state index in [0.29, 0.717) is 18.7 Å². The Hall–Kier alpha value is -2.28. The normalized spacial score (nSPS) is 22.7. The first kappa shape index (κ1) is 11.5. The van der Waals surface area contributed by atoms with Crippen molar-refractivity contribution in [3.8, 4) is 0 Å². The molecule has 4 rings (SSSR count). The Morgan fingerprint density at radius 3 is 3.05 bits per heavy atom. The van der Waals surface area contributed by atoms with Gasteiger partial charge >= 0.3 is 5.97 Å². The predicted octanol–water partition coefficient (Wildman–Crippen LogP) is 1.22. The molecule has 2 aliphatic rings. The van der Waals surface area contributed by atoms with Crippen molar-refractivity contribution in [2.24, 2.45) is 0 Å². The second kappa shape index (κ2) is 3.63. The smallest absolute Gasteiger partial charge is 0.365 e. The topological polar surface area (TPSA) is 92.2 Å². The van der Waals surface area contributed by atoms with Crippen molar-refractivity contribution in [3.63, 3.8) is 0 Å². The van der Waals surface area contributed by atoms with E-state index in [1.807, 2.05) is 12.1 Å². The Bertz CT molecular complexity index is 744. The molecule has 1 aliphatic heterocycles. The lowest BCUT2D eigenvalue weighted by Gasteiger charge is -2.19. The summed E-state index contributed by atoms with van der Waals surface area (Å²) < 4.78 is 0. The SMILES string of the molecule is O=C(O)c1nc2c(s1)CC1(C2)C(=O)Nc2ncccc21. The number of nitrogens with one attached hydrogen (secondary N) is 1. The van der Waals surface area contributed by atoms with Crippen LogP contribution in [0.5, 0.6) is 0 Å². The molecule has 7 heteroatoms. The second-order valence-electron chi connectivity index (χ2n) is 4.98. The van der Waals surface area contributed by atoms with Crippen LogP contribution in [0.3, 0.4) is 0 Å². The van der Waals surface area contributed by atoms with Gasteiger partial charge in [0.25, 0.3) is 0 Å². The van der Waals surface area contributed by atoms with Gasteiger partial charge in [0.05, 0.1) is 11.1 Å². The van der Waals surface area contributed by atoms with E-state index in [-0.39, 0.29) is 10.9 Å². The fourth-order valence-electron chi connectivity index (χ4n) is 2.97. The minimum atomic E-state index is -1.02. The van der Waals surface area contributed by atoms with Gasteiger partial charge in [0, 0.05) is 29.5 Å². The number of hydrogen-bond donors (Lipinski definition) is 2. The Morgan fingerprint density at radius 2 is 2.30 bits per heavy atom. The number of carboxylic acids is 1. The molecule has 20 heavy (non-hydrogen) atoms. The molecule has 1 aliphatic carbocycles. The Morgan fingerprint density at radius 1 is 1.45 bits per heavy atom. The number of carboxylic acid groups (broad SMARTS) is 1. The van der Waals surface area contributed by atoms with Crippen molar-refractivity contribution in [1.29, 1.82) is 0 Å². The maximum atomic E-state index is 12.3. The highest BCUT2D eigenvalue weighted by atomic mass is 32.1. The average Bonchev–Trinajstić information content (AvgIpc) is 3.02. The zero-order chi connectivity index (χ0) is 13.9. The van der Waals surface area contributed by atoms with Crippen LogP contribution in [0.25, 0.3) is 0 Å². The van der Waals surface area contributed by atoms with Crippen LogP contribution in [-0.4, -0.2) is 27.0 Å². The fraction of sp³-hybridized carbons (Fsp3) is 0.231. The first-order valence-corrected chi connectivity index (χ1v) is 6.91. The molecule has 0 bridgehead atoms. The summed E-state index contributed by atoms with van der Waals surface area (Å²) >= 11 is 1.16. The number of rotatable bonds is 1. The zero-order valence-corrected chi connectivity index (χ0v) is 11.0. The highest BCUT2D eigenvalue weighted by molar-refractivity contribution is 7.13. The van der Waals surface area contributed by atoms with Crippen molar-refractivity contribution >= 4 is 29.0 Å². The van der Waals surface area contributed by atoms with Gasteiger partial charge in [-0.05, 0) is 6.07 Å². The molecule has 2 N–H and O–H groups in total. The maximum Gasteiger partial charge on any atom is 0.365 e. The molecule has 0 saturated carbocycles. The van der Waals surface area contributed by atoms with Crippen LogP contribution in [0.1, 0.15) is 25.9 Å². The number of anilines is 1. The summed E-state index contributed by atoms with van der Waals surface area (Å²) in [5, 5.41) is 11.9. The number of nitrogens with zero attached hydrogens (tertiary/aromatic N) is 2. The molecule has 0 radical (unpaired) electrons. The molecule has 2 aromatic heterocycles. The Labute approximate surface area is 117 Å². The summed E-state index contributed by atoms with van der Waals surface area (Å²) in [6.45, 7) is 0. The van der Waals surface area contributed by atoms with E-state index in [9.17, 15) is 9.59 Å². The lowest BCUT2D eigenvalue weighted by molar-refractivity contribution is -0.120. The van der Waals surface area contributed by atoms with Crippen molar-refractivity contribution < 1.29 is 14.7 Å². The summed E-state index contributed by atoms with van der Waals surface area (Å²) in [4.78, 5) is 32.5. The number of carbonyl (C=O) groups excluding carboxylic acids is 1. The Balaban J connectivity index is 1.80. The molecule has 1 amide bonds. The molecule has 1 unspecified atom stereocenters. The van der Waals surface area contributed by atoms with E-state index in [1.165, 1.54) is 0 Å². The third-order valence-electron chi connectivity index (χ3n) is 3.88. The predicted molar refractivity (Wildman–Crippen MR) is 71.0 cm³/mol. The van der Waals surface area contributed by atoms with Crippen LogP contribution in [0, 0.1) is 0 Å². The summed E-state index contributed by atoms with van der Waals surface area (Å²) in [5.41, 5.74) is 0.945. The summed E-state index contributed by atoms with van der Waals surface area (Å²) in [7, 11) is 0. The van der Waals surface area contributed by atoms with Crippen LogP contribution >= 0.6 is 11.3 Å². The third-order valence-corrected chi connectivity index (χ3v) is 4.97. The number of carbonyl (C=O) groups is 2. The van der Waals surface area contributed by atoms with Gasteiger partial charge in [0.1, 0.15) is 5.82 Å². The van der Waals surface area contributed by atoms with Gasteiger partial charge in [0.15, 0.2) is 0 Å². The summed E-state index contributed by atoms with van der Waals surface area (Å²) in [6, 6.07) is 3.71. The van der Waals surface area contributed by atoms with E-state index in [2.05, 4.69) is 15.3 Å². The van der Waals surface area contributed by atoms with Crippen molar-refractivity contribution in [3.05, 3.63) is 39.5 Å². The number of pyridine rings is 1. The quantitative estimate of drug-likeness (QED) is 0.823. The molecule has 0 saturated heterocycles. The van der Waals surface area contributed by atoms with Gasteiger partial charge in [-0.25, -0.2) is 14.8 Å². The van der Waals surface area contributed by atoms with Crippen LogP contribution in [-0.2, 0) is 23.1 Å². The van der Waals surface area contributed by atoms with Gasteiger partial charge in [-0.2, -0.15) is 0 Å². The van der Waals surface area contributed by atoms with Gasteiger partial charge < -0.3 is 10.4 Å². The minimum Gasteiger partial charge on any atom is -0.476 e. The van der Waals surface area contributed by atoms with Gasteiger partial charge in [-0.3, -0.25) is 4.79 Å². The largest absolute Gasteiger partial charge is 0.476 e. The van der Waals surface area contributed by atoms with Crippen molar-refractivity contribution in [2.45, 2.75) is 18.3 Å². The average molecular weight is 287 g/mol. The molecular weight excluding hydrogens is 278 g/mol. The molecular formula is C13H9N3O3S. The number of amides is 1. The molecule has 100 valence electrons. The molecule has 3 heterocycles. The molecule has 0 aromatic carbocycles. The molecule has 2 aromatic rings. The molecule has 1 spiro atoms. The monoisotopic (exact) mass is 287 g/mol. The number of thiazole rings is 1. The third kappa shape index (κ3) is 1.32. The van der Waals surface area contributed by atoms with E-state index >= 15 is 0 Å². The number of aromatic nitrogens is 2. The Kier molecular flexibility index (Phi) is 2.10. The summed E-state index contributed by atoms with van der Waals surface area (Å²) in [6.07, 6.45) is 2.58. The molecule has 0 fully saturated rings. The molecule has 6 nitrogen and oxygen atoms in total. The van der Waals surface area contributed by atoms with Crippen LogP contribution < -0.4 is 5.32 Å². The first-order chi connectivity index (χ1) is 9.60. The second-order valence-corrected chi connectivity index (χ2v) is 6.07. The molecule has 1 atom stereocenters. The lowest BCUT2D eigenvalue weighted by Crippen LogP contribution is -2.35. The van der Waals surface area contributed by atoms with Crippen molar-refractivity contribution in [1.82, 2.24) is 9.97 Å². The van der Waals surface area contributed by atoms with E-state index in [4.69, 9.17) is 5.11 Å². The lowest BCUT2D eigenvalue weighted by atomic mass is 9.80. The van der Waals surface area contributed by atoms with Crippen LogP contribution in [0.2, 0.25) is 0 Å². The van der Waals surface area contributed by atoms with Crippen LogP contribution in [0.4, 0.5) is 5.82 Å². The van der Waals surface area contributed by atoms with Crippen LogP contribution in [0.15, 0.2) is 18.3 Å². The number of hydrogen-bond acceptors (Lipinski definition) is 5. The fourth-order valence-corrected chi connectivity index (χ4v) is 4.00. The van der Waals surface area contributed by atoms with Gasteiger partial charge in [-0.1, -0.05) is 6.07 Å². The van der Waals surface area contributed by atoms with E-state index in [0.717, 1.165) is 27.5 Å². The highest BCUT2D eigenvalue weighted by Crippen LogP contribution is 2.47. The van der Waals surface area contributed by atoms with Gasteiger partial charge in [-0.15, -0.1) is 11.3 Å². The summed E-state index contributed by atoms with van der Waals surface area (Å²) in [5.74, 6) is -0.490. The highest BCUT2D eigenvalue weighted by Gasteiger charge is 2.52. The zero-order valence-electron chi connectivity index (χ0n) is 10.2. The van der Waals surface area contributed by atoms with Crippen molar-refractivity contribution in [2.75, 3.05) is 5.32 Å². The van der Waals surface area contributed by atoms with Gasteiger partial charge in [0.2, 0.25) is 10.9 Å². The van der Waals surface area contributed by atoms with E-state index in [1.54, 1.807) is 6.20 Å². The number of fused-ring (bicyclic) bond motifs is 3. The number of aromatic carboxylic acids is 1. The van der Waals surface area contributed by atoms with E-state index < -0.39 is 11.4 Å². The maximum absolute atomic E-state index is 12.3.